The van der Waals surface area contributed by atoms with Crippen molar-refractivity contribution in [3.8, 4) is 0 Å². The number of carbonyl (C=O) groups is 1. The molecule has 0 bridgehead atoms. The summed E-state index contributed by atoms with van der Waals surface area (Å²) in [5, 5.41) is 16.7. The first-order chi connectivity index (χ1) is 7.99. The maximum Gasteiger partial charge on any atom is 0.271 e. The van der Waals surface area contributed by atoms with Gasteiger partial charge in [-0.05, 0) is 25.7 Å². The van der Waals surface area contributed by atoms with Gasteiger partial charge in [-0.2, -0.15) is 0 Å². The van der Waals surface area contributed by atoms with E-state index in [0.29, 0.717) is 6.42 Å². The fraction of sp³-hybridized carbons (Fsp3) is 0.727. The molecule has 1 aromatic rings. The number of aliphatic hydroxyl groups excluding tert-OH is 1. The summed E-state index contributed by atoms with van der Waals surface area (Å²) >= 11 is 0. The van der Waals surface area contributed by atoms with Crippen LogP contribution >= 0.6 is 0 Å². The van der Waals surface area contributed by atoms with Gasteiger partial charge in [0.1, 0.15) is 0 Å². The molecule has 1 amide bonds. The molecule has 0 aliphatic rings. The molecule has 0 aromatic carbocycles. The van der Waals surface area contributed by atoms with Gasteiger partial charge in [0.25, 0.3) is 5.91 Å². The molecule has 17 heavy (non-hydrogen) atoms. The van der Waals surface area contributed by atoms with Crippen molar-refractivity contribution in [1.82, 2.24) is 15.0 Å². The Morgan fingerprint density at radius 1 is 1.47 bits per heavy atom. The molecule has 0 saturated heterocycles. The molecule has 1 atom stereocenters. The molecule has 3 N–H and O–H groups in total. The normalized spacial score (nSPS) is 13.0. The van der Waals surface area contributed by atoms with Gasteiger partial charge in [-0.1, -0.05) is 19.1 Å². The zero-order chi connectivity index (χ0) is 13.0. The lowest BCUT2D eigenvalue weighted by Crippen LogP contribution is -2.17. The van der Waals surface area contributed by atoms with Gasteiger partial charge in [-0.15, -0.1) is 5.10 Å². The highest BCUT2D eigenvalue weighted by Crippen LogP contribution is 2.22. The van der Waals surface area contributed by atoms with Crippen molar-refractivity contribution < 1.29 is 9.90 Å². The Hall–Kier alpha value is -1.43. The number of aromatic nitrogens is 3. The van der Waals surface area contributed by atoms with Crippen molar-refractivity contribution in [2.75, 3.05) is 6.61 Å². The summed E-state index contributed by atoms with van der Waals surface area (Å²) in [6.45, 7) is 6.08. The Kier molecular flexibility index (Phi) is 4.62. The van der Waals surface area contributed by atoms with Crippen LogP contribution in [0, 0.1) is 0 Å². The van der Waals surface area contributed by atoms with Crippen LogP contribution in [-0.4, -0.2) is 32.6 Å². The van der Waals surface area contributed by atoms with Crippen LogP contribution in [0.4, 0.5) is 0 Å². The van der Waals surface area contributed by atoms with Crippen LogP contribution in [0.1, 0.15) is 61.8 Å². The van der Waals surface area contributed by atoms with E-state index in [1.807, 2.05) is 20.8 Å². The van der Waals surface area contributed by atoms with E-state index in [-0.39, 0.29) is 24.3 Å². The van der Waals surface area contributed by atoms with Crippen molar-refractivity contribution >= 4 is 5.91 Å². The molecule has 1 unspecified atom stereocenters. The first-order valence-electron chi connectivity index (χ1n) is 5.84. The van der Waals surface area contributed by atoms with E-state index in [1.54, 1.807) is 4.68 Å². The predicted octanol–water partition coefficient (Wildman–Crippen LogP) is 0.834. The molecule has 0 spiro atoms. The van der Waals surface area contributed by atoms with Crippen LogP contribution in [0.15, 0.2) is 0 Å². The minimum Gasteiger partial charge on any atom is -0.396 e. The van der Waals surface area contributed by atoms with Crippen LogP contribution in [0.25, 0.3) is 0 Å². The third-order valence-electron chi connectivity index (χ3n) is 2.71. The van der Waals surface area contributed by atoms with Crippen LogP contribution in [-0.2, 0) is 0 Å². The topological polar surface area (TPSA) is 94.0 Å². The first-order valence-corrected chi connectivity index (χ1v) is 5.84. The molecule has 1 rings (SSSR count). The first kappa shape index (κ1) is 13.6. The standard InChI is InChI=1S/C11H20N4O2/c1-7(2)10-9(11(12)17)13-14-15(10)8(3)5-4-6-16/h7-8,16H,4-6H2,1-3H3,(H2,12,17). The van der Waals surface area contributed by atoms with E-state index in [4.69, 9.17) is 10.8 Å². The van der Waals surface area contributed by atoms with Crippen LogP contribution in [0.2, 0.25) is 0 Å². The molecule has 0 aliphatic carbocycles. The number of nitrogens with zero attached hydrogens (tertiary/aromatic N) is 3. The minimum absolute atomic E-state index is 0.0974. The summed E-state index contributed by atoms with van der Waals surface area (Å²) in [6, 6.07) is 0.0974. The summed E-state index contributed by atoms with van der Waals surface area (Å²) in [6.07, 6.45) is 1.49. The highest BCUT2D eigenvalue weighted by Gasteiger charge is 2.22. The van der Waals surface area contributed by atoms with E-state index in [0.717, 1.165) is 12.1 Å². The van der Waals surface area contributed by atoms with Gasteiger partial charge in [0, 0.05) is 6.61 Å². The molecular formula is C11H20N4O2. The maximum absolute atomic E-state index is 11.2. The number of carbonyl (C=O) groups excluding carboxylic acids is 1. The number of nitrogens with two attached hydrogens (primary N) is 1. The van der Waals surface area contributed by atoms with Crippen LogP contribution in [0.3, 0.4) is 0 Å². The fourth-order valence-electron chi connectivity index (χ4n) is 1.85. The zero-order valence-corrected chi connectivity index (χ0v) is 10.6. The lowest BCUT2D eigenvalue weighted by molar-refractivity contribution is 0.0994. The number of primary amides is 1. The molecular weight excluding hydrogens is 220 g/mol. The Balaban J connectivity index is 3.03. The molecule has 0 radical (unpaired) electrons. The van der Waals surface area contributed by atoms with E-state index in [2.05, 4.69) is 10.3 Å². The summed E-state index contributed by atoms with van der Waals surface area (Å²) in [5.41, 5.74) is 6.28. The molecule has 6 heteroatoms. The zero-order valence-electron chi connectivity index (χ0n) is 10.6. The maximum atomic E-state index is 11.2. The van der Waals surface area contributed by atoms with Crippen LogP contribution < -0.4 is 5.73 Å². The third kappa shape index (κ3) is 3.03. The average molecular weight is 240 g/mol. The molecule has 96 valence electrons. The number of rotatable bonds is 6. The largest absolute Gasteiger partial charge is 0.396 e. The molecule has 0 aliphatic heterocycles. The van der Waals surface area contributed by atoms with E-state index < -0.39 is 5.91 Å². The lowest BCUT2D eigenvalue weighted by atomic mass is 10.1. The summed E-state index contributed by atoms with van der Waals surface area (Å²) < 4.78 is 1.74. The predicted molar refractivity (Wildman–Crippen MR) is 63.7 cm³/mol. The molecule has 6 nitrogen and oxygen atoms in total. The molecule has 1 aromatic heterocycles. The van der Waals surface area contributed by atoms with Crippen LogP contribution in [0.5, 0.6) is 0 Å². The number of amides is 1. The van der Waals surface area contributed by atoms with Gasteiger partial charge in [0.2, 0.25) is 0 Å². The lowest BCUT2D eigenvalue weighted by Gasteiger charge is -2.16. The number of hydrogen-bond donors (Lipinski definition) is 2. The molecule has 0 fully saturated rings. The highest BCUT2D eigenvalue weighted by atomic mass is 16.2. The Labute approximate surface area is 101 Å². The minimum atomic E-state index is -0.547. The van der Waals surface area contributed by atoms with E-state index >= 15 is 0 Å². The monoisotopic (exact) mass is 240 g/mol. The van der Waals surface area contributed by atoms with E-state index in [1.165, 1.54) is 0 Å². The number of aliphatic hydroxyl groups is 1. The van der Waals surface area contributed by atoms with Gasteiger partial charge in [-0.25, -0.2) is 4.68 Å². The van der Waals surface area contributed by atoms with E-state index in [9.17, 15) is 4.79 Å². The van der Waals surface area contributed by atoms with Crippen molar-refractivity contribution in [2.45, 2.75) is 45.6 Å². The summed E-state index contributed by atoms with van der Waals surface area (Å²) in [5.74, 6) is -0.418. The second-order valence-corrected chi connectivity index (χ2v) is 4.50. The molecule has 1 heterocycles. The summed E-state index contributed by atoms with van der Waals surface area (Å²) in [7, 11) is 0. The Morgan fingerprint density at radius 3 is 2.59 bits per heavy atom. The van der Waals surface area contributed by atoms with Crippen molar-refractivity contribution in [1.29, 1.82) is 0 Å². The SMILES string of the molecule is CC(C)c1c(C(N)=O)nnn1C(C)CCCO. The van der Waals surface area contributed by atoms with Gasteiger partial charge in [-0.3, -0.25) is 4.79 Å². The highest BCUT2D eigenvalue weighted by molar-refractivity contribution is 5.91. The third-order valence-corrected chi connectivity index (χ3v) is 2.71. The van der Waals surface area contributed by atoms with Gasteiger partial charge in [0.15, 0.2) is 5.69 Å². The van der Waals surface area contributed by atoms with Crippen molar-refractivity contribution in [3.05, 3.63) is 11.4 Å². The fourth-order valence-corrected chi connectivity index (χ4v) is 1.85. The van der Waals surface area contributed by atoms with Crippen molar-refractivity contribution in [3.63, 3.8) is 0 Å². The Morgan fingerprint density at radius 2 is 2.12 bits per heavy atom. The Bertz CT molecular complexity index is 387. The van der Waals surface area contributed by atoms with Gasteiger partial charge < -0.3 is 10.8 Å². The average Bonchev–Trinajstić information content (AvgIpc) is 2.70. The van der Waals surface area contributed by atoms with Gasteiger partial charge >= 0.3 is 0 Å². The smallest absolute Gasteiger partial charge is 0.271 e. The summed E-state index contributed by atoms with van der Waals surface area (Å²) in [4.78, 5) is 11.2. The number of hydrogen-bond acceptors (Lipinski definition) is 4. The second kappa shape index (κ2) is 5.77. The van der Waals surface area contributed by atoms with Gasteiger partial charge in [0.05, 0.1) is 11.7 Å². The quantitative estimate of drug-likeness (QED) is 0.770. The molecule has 0 saturated carbocycles. The second-order valence-electron chi connectivity index (χ2n) is 4.50. The van der Waals surface area contributed by atoms with Crippen molar-refractivity contribution in [2.24, 2.45) is 5.73 Å².